The monoisotopic (exact) mass is 352 g/mol. The topological polar surface area (TPSA) is 83.4 Å². The Morgan fingerprint density at radius 3 is 2.35 bits per heavy atom. The van der Waals surface area contributed by atoms with Gasteiger partial charge in [0, 0.05) is 17.5 Å². The zero-order valence-corrected chi connectivity index (χ0v) is 15.5. The van der Waals surface area contributed by atoms with Crippen LogP contribution in [0.4, 0.5) is 5.82 Å². The number of anilines is 1. The van der Waals surface area contributed by atoms with E-state index in [1.54, 1.807) is 43.5 Å². The first-order valence-corrected chi connectivity index (χ1v) is 8.40. The molecule has 1 aromatic heterocycles. The number of nitrogens with zero attached hydrogens (tertiary/aromatic N) is 2. The minimum absolute atomic E-state index is 0.0325. The fraction of sp³-hybridized carbons (Fsp3) is 0.300. The summed E-state index contributed by atoms with van der Waals surface area (Å²) in [4.78, 5) is 28.1. The van der Waals surface area contributed by atoms with Crippen molar-refractivity contribution in [3.05, 3.63) is 59.8 Å². The Kier molecular flexibility index (Phi) is 6.22. The lowest BCUT2D eigenvalue weighted by molar-refractivity contribution is -0.115. The predicted octanol–water partition coefficient (Wildman–Crippen LogP) is 3.51. The minimum Gasteiger partial charge on any atom is -0.310 e. The van der Waals surface area contributed by atoms with Gasteiger partial charge in [0.05, 0.1) is 6.42 Å². The molecule has 1 heterocycles. The molecule has 0 aliphatic rings. The van der Waals surface area contributed by atoms with E-state index < -0.39 is 0 Å². The molecule has 136 valence electrons. The van der Waals surface area contributed by atoms with Gasteiger partial charge in [-0.25, -0.2) is 10.4 Å². The van der Waals surface area contributed by atoms with Crippen LogP contribution < -0.4 is 10.7 Å². The molecule has 2 amide bonds. The summed E-state index contributed by atoms with van der Waals surface area (Å²) in [7, 11) is 0. The molecule has 2 aromatic rings. The van der Waals surface area contributed by atoms with E-state index in [9.17, 15) is 9.59 Å². The van der Waals surface area contributed by atoms with Crippen molar-refractivity contribution in [2.24, 2.45) is 5.10 Å². The van der Waals surface area contributed by atoms with Crippen LogP contribution in [0.25, 0.3) is 0 Å². The Hall–Kier alpha value is -3.02. The summed E-state index contributed by atoms with van der Waals surface area (Å²) in [5, 5.41) is 6.66. The Morgan fingerprint density at radius 2 is 1.77 bits per heavy atom. The predicted molar refractivity (Wildman–Crippen MR) is 103 cm³/mol. The van der Waals surface area contributed by atoms with Gasteiger partial charge in [0.25, 0.3) is 5.91 Å². The Bertz CT molecular complexity index is 791. The molecule has 0 aliphatic heterocycles. The summed E-state index contributed by atoms with van der Waals surface area (Å²) in [6.07, 6.45) is 1.67. The number of rotatable bonds is 5. The van der Waals surface area contributed by atoms with Gasteiger partial charge in [-0.1, -0.05) is 39.0 Å². The lowest BCUT2D eigenvalue weighted by Gasteiger charge is -2.18. The van der Waals surface area contributed by atoms with Crippen LogP contribution in [0.2, 0.25) is 0 Å². The molecule has 0 aliphatic carbocycles. The maximum atomic E-state index is 12.2. The molecule has 0 atom stereocenters. The molecular weight excluding hydrogens is 328 g/mol. The number of pyridine rings is 1. The summed E-state index contributed by atoms with van der Waals surface area (Å²) < 4.78 is 0. The lowest BCUT2D eigenvalue weighted by Crippen LogP contribution is -2.22. The highest BCUT2D eigenvalue weighted by atomic mass is 16.2. The molecular formula is C20H24N4O2. The van der Waals surface area contributed by atoms with Gasteiger partial charge in [0.2, 0.25) is 5.91 Å². The molecule has 6 nitrogen and oxygen atoms in total. The van der Waals surface area contributed by atoms with Crippen molar-refractivity contribution in [2.75, 3.05) is 5.32 Å². The van der Waals surface area contributed by atoms with Gasteiger partial charge in [-0.2, -0.15) is 5.10 Å². The SMILES string of the molecule is CC(CC(=O)Nc1ccccn1)=NNC(=O)c1ccc(C(C)(C)C)cc1. The zero-order chi connectivity index (χ0) is 19.2. The third-order valence-corrected chi connectivity index (χ3v) is 3.71. The van der Waals surface area contributed by atoms with Crippen LogP contribution in [0, 0.1) is 0 Å². The van der Waals surface area contributed by atoms with Gasteiger partial charge in [-0.3, -0.25) is 9.59 Å². The second-order valence-corrected chi connectivity index (χ2v) is 7.06. The quantitative estimate of drug-likeness (QED) is 0.638. The van der Waals surface area contributed by atoms with E-state index in [2.05, 4.69) is 41.6 Å². The maximum Gasteiger partial charge on any atom is 0.271 e. The molecule has 26 heavy (non-hydrogen) atoms. The molecule has 0 saturated carbocycles. The van der Waals surface area contributed by atoms with Crippen LogP contribution in [0.1, 0.15) is 50.0 Å². The number of hydrogen-bond acceptors (Lipinski definition) is 4. The van der Waals surface area contributed by atoms with E-state index in [-0.39, 0.29) is 23.7 Å². The summed E-state index contributed by atoms with van der Waals surface area (Å²) in [6, 6.07) is 12.7. The van der Waals surface area contributed by atoms with Gasteiger partial charge in [-0.15, -0.1) is 0 Å². The second-order valence-electron chi connectivity index (χ2n) is 7.06. The Morgan fingerprint density at radius 1 is 1.08 bits per heavy atom. The molecule has 2 rings (SSSR count). The van der Waals surface area contributed by atoms with Gasteiger partial charge < -0.3 is 5.32 Å². The van der Waals surface area contributed by atoms with Crippen LogP contribution in [0.15, 0.2) is 53.8 Å². The summed E-state index contributed by atoms with van der Waals surface area (Å²) >= 11 is 0. The second kappa shape index (κ2) is 8.38. The summed E-state index contributed by atoms with van der Waals surface area (Å²) in [6.45, 7) is 8.03. The van der Waals surface area contributed by atoms with Crippen LogP contribution in [0.5, 0.6) is 0 Å². The molecule has 2 N–H and O–H groups in total. The first-order chi connectivity index (χ1) is 12.3. The van der Waals surface area contributed by atoms with E-state index in [1.165, 1.54) is 0 Å². The van der Waals surface area contributed by atoms with Gasteiger partial charge in [0.1, 0.15) is 5.82 Å². The van der Waals surface area contributed by atoms with Gasteiger partial charge in [-0.05, 0) is 42.2 Å². The molecule has 0 fully saturated rings. The van der Waals surface area contributed by atoms with Gasteiger partial charge >= 0.3 is 0 Å². The van der Waals surface area contributed by atoms with Crippen LogP contribution >= 0.6 is 0 Å². The third-order valence-electron chi connectivity index (χ3n) is 3.71. The van der Waals surface area contributed by atoms with Crippen molar-refractivity contribution in [3.8, 4) is 0 Å². The van der Waals surface area contributed by atoms with E-state index in [1.807, 2.05) is 12.1 Å². The van der Waals surface area contributed by atoms with Crippen molar-refractivity contribution in [2.45, 2.75) is 39.5 Å². The average molecular weight is 352 g/mol. The fourth-order valence-corrected chi connectivity index (χ4v) is 2.23. The smallest absolute Gasteiger partial charge is 0.271 e. The van der Waals surface area contributed by atoms with E-state index in [0.29, 0.717) is 17.1 Å². The number of hydrazone groups is 1. The maximum absolute atomic E-state index is 12.2. The summed E-state index contributed by atoms with van der Waals surface area (Å²) in [5.74, 6) is -0.0723. The van der Waals surface area contributed by atoms with Crippen molar-refractivity contribution >= 4 is 23.3 Å². The number of hydrogen-bond donors (Lipinski definition) is 2. The zero-order valence-electron chi connectivity index (χ0n) is 15.5. The normalized spacial score (nSPS) is 11.8. The number of amides is 2. The highest BCUT2D eigenvalue weighted by molar-refractivity contribution is 6.05. The lowest BCUT2D eigenvalue weighted by atomic mass is 9.87. The fourth-order valence-electron chi connectivity index (χ4n) is 2.23. The highest BCUT2D eigenvalue weighted by Gasteiger charge is 2.14. The number of aromatic nitrogens is 1. The molecule has 0 bridgehead atoms. The third kappa shape index (κ3) is 5.81. The molecule has 0 radical (unpaired) electrons. The Labute approximate surface area is 153 Å². The summed E-state index contributed by atoms with van der Waals surface area (Å²) in [5.41, 5.74) is 4.68. The van der Waals surface area contributed by atoms with Gasteiger partial charge in [0.15, 0.2) is 0 Å². The molecule has 6 heteroatoms. The first-order valence-electron chi connectivity index (χ1n) is 8.40. The van der Waals surface area contributed by atoms with Crippen molar-refractivity contribution in [1.82, 2.24) is 10.4 Å². The van der Waals surface area contributed by atoms with E-state index in [0.717, 1.165) is 5.56 Å². The van der Waals surface area contributed by atoms with E-state index in [4.69, 9.17) is 0 Å². The first kappa shape index (κ1) is 19.3. The van der Waals surface area contributed by atoms with Crippen LogP contribution in [-0.4, -0.2) is 22.5 Å². The van der Waals surface area contributed by atoms with Crippen LogP contribution in [-0.2, 0) is 10.2 Å². The average Bonchev–Trinajstić information content (AvgIpc) is 2.59. The minimum atomic E-state index is -0.310. The molecule has 0 saturated heterocycles. The molecule has 1 aromatic carbocycles. The number of carbonyl (C=O) groups is 2. The number of carbonyl (C=O) groups excluding carboxylic acids is 2. The van der Waals surface area contributed by atoms with Crippen molar-refractivity contribution in [3.63, 3.8) is 0 Å². The highest BCUT2D eigenvalue weighted by Crippen LogP contribution is 2.22. The van der Waals surface area contributed by atoms with Crippen molar-refractivity contribution in [1.29, 1.82) is 0 Å². The largest absolute Gasteiger partial charge is 0.310 e. The number of nitrogens with one attached hydrogen (secondary N) is 2. The van der Waals surface area contributed by atoms with Crippen LogP contribution in [0.3, 0.4) is 0 Å². The van der Waals surface area contributed by atoms with Crippen molar-refractivity contribution < 1.29 is 9.59 Å². The van der Waals surface area contributed by atoms with E-state index >= 15 is 0 Å². The Balaban J connectivity index is 1.89. The standard InChI is InChI=1S/C20H24N4O2/c1-14(13-18(25)22-17-7-5-6-12-21-17)23-24-19(26)15-8-10-16(11-9-15)20(2,3)4/h5-12H,13H2,1-4H3,(H,24,26)(H,21,22,25). The number of benzene rings is 1. The molecule has 0 unspecified atom stereocenters. The molecule has 0 spiro atoms.